The van der Waals surface area contributed by atoms with Gasteiger partial charge in [0.2, 0.25) is 5.91 Å². The number of nitrogens with one attached hydrogen (secondary N) is 2. The fraction of sp³-hybridized carbons (Fsp3) is 0.250. The lowest BCUT2D eigenvalue weighted by Gasteiger charge is -2.11. The van der Waals surface area contributed by atoms with Crippen LogP contribution in [0.2, 0.25) is 0 Å². The number of hydrogen-bond acceptors (Lipinski definition) is 5. The van der Waals surface area contributed by atoms with Crippen molar-refractivity contribution in [3.63, 3.8) is 0 Å². The number of anilines is 1. The first-order valence-corrected chi connectivity index (χ1v) is 10.9. The summed E-state index contributed by atoms with van der Waals surface area (Å²) in [7, 11) is 3.15. The van der Waals surface area contributed by atoms with Crippen molar-refractivity contribution >= 4 is 28.8 Å². The lowest BCUT2D eigenvalue weighted by molar-refractivity contribution is -0.116. The molecule has 0 saturated heterocycles. The summed E-state index contributed by atoms with van der Waals surface area (Å²) in [6.45, 7) is 0.346. The molecule has 2 amide bonds. The molecule has 2 N–H and O–H groups in total. The van der Waals surface area contributed by atoms with E-state index in [0.29, 0.717) is 35.7 Å². The van der Waals surface area contributed by atoms with Crippen LogP contribution >= 0.6 is 11.3 Å². The van der Waals surface area contributed by atoms with Gasteiger partial charge in [0.15, 0.2) is 11.5 Å². The van der Waals surface area contributed by atoms with E-state index in [0.717, 1.165) is 18.4 Å². The van der Waals surface area contributed by atoms with E-state index in [9.17, 15) is 9.59 Å². The first-order valence-electron chi connectivity index (χ1n) is 10.0. The fourth-order valence-electron chi connectivity index (χ4n) is 3.11. The van der Waals surface area contributed by atoms with Crippen molar-refractivity contribution in [2.24, 2.45) is 0 Å². The van der Waals surface area contributed by atoms with Gasteiger partial charge in [0, 0.05) is 29.1 Å². The Morgan fingerprint density at radius 3 is 2.55 bits per heavy atom. The highest BCUT2D eigenvalue weighted by Gasteiger charge is 2.10. The predicted octanol–water partition coefficient (Wildman–Crippen LogP) is 4.66. The molecule has 3 aromatic rings. The van der Waals surface area contributed by atoms with E-state index >= 15 is 0 Å². The van der Waals surface area contributed by atoms with Crippen LogP contribution < -0.4 is 20.1 Å². The second-order valence-electron chi connectivity index (χ2n) is 6.93. The molecule has 0 spiro atoms. The number of aryl methyl sites for hydroxylation is 1. The van der Waals surface area contributed by atoms with Gasteiger partial charge in [-0.2, -0.15) is 0 Å². The molecule has 0 fully saturated rings. The van der Waals surface area contributed by atoms with Crippen LogP contribution in [-0.4, -0.2) is 26.0 Å². The van der Waals surface area contributed by atoms with Gasteiger partial charge < -0.3 is 20.1 Å². The molecule has 6 nitrogen and oxygen atoms in total. The summed E-state index contributed by atoms with van der Waals surface area (Å²) in [5, 5.41) is 7.80. The van der Waals surface area contributed by atoms with E-state index in [4.69, 9.17) is 9.47 Å². The van der Waals surface area contributed by atoms with Crippen molar-refractivity contribution in [2.75, 3.05) is 19.5 Å². The molecule has 3 rings (SSSR count). The summed E-state index contributed by atoms with van der Waals surface area (Å²) in [6, 6.07) is 16.5. The minimum Gasteiger partial charge on any atom is -0.493 e. The number of hydrogen-bond donors (Lipinski definition) is 2. The minimum absolute atomic E-state index is 0.0561. The minimum atomic E-state index is -0.219. The molecule has 0 unspecified atom stereocenters. The zero-order valence-corrected chi connectivity index (χ0v) is 18.5. The van der Waals surface area contributed by atoms with Crippen LogP contribution in [0.25, 0.3) is 0 Å². The van der Waals surface area contributed by atoms with E-state index in [1.807, 2.05) is 23.6 Å². The molecule has 0 aliphatic heterocycles. The zero-order valence-electron chi connectivity index (χ0n) is 17.6. The van der Waals surface area contributed by atoms with E-state index in [2.05, 4.69) is 16.7 Å². The quantitative estimate of drug-likeness (QED) is 0.483. The second-order valence-corrected chi connectivity index (χ2v) is 7.97. The number of amides is 2. The highest BCUT2D eigenvalue weighted by molar-refractivity contribution is 7.09. The number of ether oxygens (including phenoxy) is 2. The maximum atomic E-state index is 12.6. The van der Waals surface area contributed by atoms with Gasteiger partial charge in [-0.15, -0.1) is 11.3 Å². The lowest BCUT2D eigenvalue weighted by atomic mass is 10.1. The van der Waals surface area contributed by atoms with Gasteiger partial charge in [-0.25, -0.2) is 0 Å². The lowest BCUT2D eigenvalue weighted by Crippen LogP contribution is -2.23. The summed E-state index contributed by atoms with van der Waals surface area (Å²) < 4.78 is 10.5. The van der Waals surface area contributed by atoms with E-state index in [1.54, 1.807) is 55.9 Å². The molecular weight excluding hydrogens is 412 g/mol. The van der Waals surface area contributed by atoms with Crippen LogP contribution in [0.15, 0.2) is 60.0 Å². The number of carbonyl (C=O) groups excluding carboxylic acids is 2. The van der Waals surface area contributed by atoms with Crippen LogP contribution in [0.4, 0.5) is 5.69 Å². The van der Waals surface area contributed by atoms with Crippen molar-refractivity contribution in [3.8, 4) is 11.5 Å². The number of rotatable bonds is 10. The van der Waals surface area contributed by atoms with Crippen molar-refractivity contribution in [3.05, 3.63) is 76.0 Å². The number of carbonyl (C=O) groups is 2. The molecule has 0 aliphatic rings. The summed E-state index contributed by atoms with van der Waals surface area (Å²) in [5.41, 5.74) is 1.98. The highest BCUT2D eigenvalue weighted by atomic mass is 32.1. The van der Waals surface area contributed by atoms with Gasteiger partial charge in [0.25, 0.3) is 5.91 Å². The first kappa shape index (κ1) is 22.4. The molecule has 7 heteroatoms. The molecule has 0 atom stereocenters. The summed E-state index contributed by atoms with van der Waals surface area (Å²) in [4.78, 5) is 26.1. The Balaban J connectivity index is 1.51. The Labute approximate surface area is 186 Å². The average Bonchev–Trinajstić information content (AvgIpc) is 3.31. The topological polar surface area (TPSA) is 76.7 Å². The third-order valence-corrected chi connectivity index (χ3v) is 5.65. The summed E-state index contributed by atoms with van der Waals surface area (Å²) in [6.07, 6.45) is 2.12. The standard InChI is InChI=1S/C24H26N2O4S/c1-29-21-12-11-17(14-22(21)30-2)16-25-24(28)18-6-3-7-19(15-18)26-23(27)10-4-8-20-9-5-13-31-20/h3,5-7,9,11-15H,4,8,10,16H2,1-2H3,(H,25,28)(H,26,27). The molecule has 2 aromatic carbocycles. The molecule has 0 radical (unpaired) electrons. The average molecular weight is 439 g/mol. The SMILES string of the molecule is COc1ccc(CNC(=O)c2cccc(NC(=O)CCCc3cccs3)c2)cc1OC. The number of methoxy groups -OCH3 is 2. The predicted molar refractivity (Wildman–Crippen MR) is 123 cm³/mol. The Kier molecular flexibility index (Phi) is 8.06. The van der Waals surface area contributed by atoms with Gasteiger partial charge in [-0.05, 0) is 60.2 Å². The molecule has 0 bridgehead atoms. The maximum absolute atomic E-state index is 12.6. The molecule has 0 saturated carbocycles. The number of benzene rings is 2. The van der Waals surface area contributed by atoms with Crippen molar-refractivity contribution < 1.29 is 19.1 Å². The Morgan fingerprint density at radius 1 is 0.968 bits per heavy atom. The molecule has 0 aliphatic carbocycles. The van der Waals surface area contributed by atoms with Gasteiger partial charge in [-0.1, -0.05) is 18.2 Å². The van der Waals surface area contributed by atoms with Crippen molar-refractivity contribution in [1.82, 2.24) is 5.32 Å². The molecule has 1 heterocycles. The smallest absolute Gasteiger partial charge is 0.251 e. The largest absolute Gasteiger partial charge is 0.493 e. The third kappa shape index (κ3) is 6.58. The summed E-state index contributed by atoms with van der Waals surface area (Å²) >= 11 is 1.70. The van der Waals surface area contributed by atoms with Crippen LogP contribution in [0.5, 0.6) is 11.5 Å². The normalized spacial score (nSPS) is 10.4. The first-order chi connectivity index (χ1) is 15.1. The Hall–Kier alpha value is -3.32. The molecular formula is C24H26N2O4S. The van der Waals surface area contributed by atoms with Crippen LogP contribution in [0, 0.1) is 0 Å². The Morgan fingerprint density at radius 2 is 1.81 bits per heavy atom. The van der Waals surface area contributed by atoms with Gasteiger partial charge in [0.1, 0.15) is 0 Å². The van der Waals surface area contributed by atoms with E-state index < -0.39 is 0 Å². The maximum Gasteiger partial charge on any atom is 0.251 e. The van der Waals surface area contributed by atoms with Crippen LogP contribution in [0.3, 0.4) is 0 Å². The van der Waals surface area contributed by atoms with Crippen LogP contribution in [0.1, 0.15) is 33.6 Å². The molecule has 162 valence electrons. The van der Waals surface area contributed by atoms with E-state index in [-0.39, 0.29) is 11.8 Å². The van der Waals surface area contributed by atoms with Gasteiger partial charge in [0.05, 0.1) is 14.2 Å². The highest BCUT2D eigenvalue weighted by Crippen LogP contribution is 2.27. The Bertz CT molecular complexity index is 1020. The van der Waals surface area contributed by atoms with Gasteiger partial charge >= 0.3 is 0 Å². The van der Waals surface area contributed by atoms with Crippen LogP contribution in [-0.2, 0) is 17.8 Å². The van der Waals surface area contributed by atoms with Gasteiger partial charge in [-0.3, -0.25) is 9.59 Å². The number of thiophene rings is 1. The monoisotopic (exact) mass is 438 g/mol. The van der Waals surface area contributed by atoms with Crippen molar-refractivity contribution in [1.29, 1.82) is 0 Å². The molecule has 31 heavy (non-hydrogen) atoms. The summed E-state index contributed by atoms with van der Waals surface area (Å²) in [5.74, 6) is 0.970. The zero-order chi connectivity index (χ0) is 22.1. The molecule has 1 aromatic heterocycles. The van der Waals surface area contributed by atoms with E-state index in [1.165, 1.54) is 4.88 Å². The fourth-order valence-corrected chi connectivity index (χ4v) is 3.87. The third-order valence-electron chi connectivity index (χ3n) is 4.72. The van der Waals surface area contributed by atoms with Crippen molar-refractivity contribution in [2.45, 2.75) is 25.8 Å². The second kappa shape index (κ2) is 11.2.